The van der Waals surface area contributed by atoms with E-state index in [-0.39, 0.29) is 29.4 Å². The van der Waals surface area contributed by atoms with Crippen LogP contribution in [0.4, 0.5) is 0 Å². The van der Waals surface area contributed by atoms with Crippen LogP contribution in [0, 0.1) is 18.8 Å². The summed E-state index contributed by atoms with van der Waals surface area (Å²) in [6.45, 7) is 6.35. The first-order valence-electron chi connectivity index (χ1n) is 9.77. The molecule has 0 unspecified atom stereocenters. The minimum absolute atomic E-state index is 0.0497. The van der Waals surface area contributed by atoms with Crippen molar-refractivity contribution >= 4 is 23.2 Å². The summed E-state index contributed by atoms with van der Waals surface area (Å²) >= 11 is 1.52. The lowest BCUT2D eigenvalue weighted by Crippen LogP contribution is -2.53. The van der Waals surface area contributed by atoms with Crippen LogP contribution in [0.15, 0.2) is 11.4 Å². The van der Waals surface area contributed by atoms with Crippen molar-refractivity contribution in [3.8, 4) is 0 Å². The second-order valence-electron chi connectivity index (χ2n) is 8.23. The number of carbonyl (C=O) groups is 2. The Labute approximate surface area is 159 Å². The molecule has 1 aromatic heterocycles. The van der Waals surface area contributed by atoms with Crippen molar-refractivity contribution in [3.63, 3.8) is 0 Å². The first-order valence-corrected chi connectivity index (χ1v) is 10.7. The van der Waals surface area contributed by atoms with Gasteiger partial charge in [0.15, 0.2) is 0 Å². The third kappa shape index (κ3) is 3.41. The standard InChI is InChI=1S/C20H28N2O3S/c1-13-6-10-26-17(13)19(24)22-9-8-20(14(2)12-22)7-5-16(25-20)18(23)21-11-15-3-4-15/h6,10,14-16H,3-5,7-9,11-12H2,1-2H3,(H,21,23)/t14-,16+,20-/m1/s1. The molecule has 1 N–H and O–H groups in total. The van der Waals surface area contributed by atoms with Crippen molar-refractivity contribution in [1.82, 2.24) is 10.2 Å². The van der Waals surface area contributed by atoms with Crippen molar-refractivity contribution in [3.05, 3.63) is 21.9 Å². The third-order valence-electron chi connectivity index (χ3n) is 6.30. The number of ether oxygens (including phenoxy) is 1. The largest absolute Gasteiger partial charge is 0.362 e. The molecule has 5 nitrogen and oxygen atoms in total. The number of hydrogen-bond acceptors (Lipinski definition) is 4. The lowest BCUT2D eigenvalue weighted by atomic mass is 9.80. The van der Waals surface area contributed by atoms with Crippen LogP contribution >= 0.6 is 11.3 Å². The van der Waals surface area contributed by atoms with Gasteiger partial charge in [0, 0.05) is 25.6 Å². The Bertz CT molecular complexity index is 699. The van der Waals surface area contributed by atoms with Crippen molar-refractivity contribution in [2.24, 2.45) is 11.8 Å². The van der Waals surface area contributed by atoms with Crippen LogP contribution in [0.5, 0.6) is 0 Å². The summed E-state index contributed by atoms with van der Waals surface area (Å²) in [6, 6.07) is 2.00. The van der Waals surface area contributed by atoms with Gasteiger partial charge in [-0.3, -0.25) is 9.59 Å². The van der Waals surface area contributed by atoms with Gasteiger partial charge < -0.3 is 15.0 Å². The van der Waals surface area contributed by atoms with Crippen LogP contribution < -0.4 is 5.32 Å². The fourth-order valence-corrected chi connectivity index (χ4v) is 5.16. The van der Waals surface area contributed by atoms with Crippen molar-refractivity contribution in [2.45, 2.75) is 57.7 Å². The van der Waals surface area contributed by atoms with Gasteiger partial charge in [0.1, 0.15) is 6.10 Å². The zero-order chi connectivity index (χ0) is 18.3. The van der Waals surface area contributed by atoms with Gasteiger partial charge in [-0.2, -0.15) is 0 Å². The van der Waals surface area contributed by atoms with E-state index in [1.54, 1.807) is 0 Å². The fraction of sp³-hybridized carbons (Fsp3) is 0.700. The molecule has 0 bridgehead atoms. The average molecular weight is 377 g/mol. The van der Waals surface area contributed by atoms with Crippen LogP contribution in [0.25, 0.3) is 0 Å². The number of amides is 2. The molecule has 142 valence electrons. The van der Waals surface area contributed by atoms with E-state index in [0.29, 0.717) is 19.0 Å². The van der Waals surface area contributed by atoms with Crippen LogP contribution in [0.2, 0.25) is 0 Å². The van der Waals surface area contributed by atoms with Crippen LogP contribution in [-0.4, -0.2) is 48.1 Å². The number of carbonyl (C=O) groups excluding carboxylic acids is 2. The summed E-state index contributed by atoms with van der Waals surface area (Å²) in [6.07, 6.45) is 4.67. The molecule has 2 amide bonds. The van der Waals surface area contributed by atoms with Gasteiger partial charge in [0.2, 0.25) is 5.91 Å². The van der Waals surface area contributed by atoms with Gasteiger partial charge in [-0.15, -0.1) is 11.3 Å². The highest BCUT2D eigenvalue weighted by Crippen LogP contribution is 2.43. The first-order chi connectivity index (χ1) is 12.5. The fourth-order valence-electron chi connectivity index (χ4n) is 4.27. The molecule has 1 aliphatic carbocycles. The molecule has 2 aliphatic heterocycles. The minimum Gasteiger partial charge on any atom is -0.362 e. The topological polar surface area (TPSA) is 58.6 Å². The van der Waals surface area contributed by atoms with E-state index in [1.807, 2.05) is 23.3 Å². The van der Waals surface area contributed by atoms with E-state index in [1.165, 1.54) is 24.2 Å². The molecule has 6 heteroatoms. The number of hydrogen-bond donors (Lipinski definition) is 1. The highest BCUT2D eigenvalue weighted by molar-refractivity contribution is 7.12. The molecule has 3 atom stereocenters. The number of nitrogens with one attached hydrogen (secondary N) is 1. The van der Waals surface area contributed by atoms with E-state index >= 15 is 0 Å². The maximum absolute atomic E-state index is 12.8. The Kier molecular flexibility index (Phi) is 4.82. The van der Waals surface area contributed by atoms with E-state index in [9.17, 15) is 9.59 Å². The molecular formula is C20H28N2O3S. The predicted octanol–water partition coefficient (Wildman–Crippen LogP) is 2.98. The molecule has 1 spiro atoms. The molecular weight excluding hydrogens is 348 g/mol. The summed E-state index contributed by atoms with van der Waals surface area (Å²) in [5, 5.41) is 5.02. The SMILES string of the molecule is Cc1ccsc1C(=O)N1CC[C@]2(CC[C@@H](C(=O)NCC3CC3)O2)[C@H](C)C1. The van der Waals surface area contributed by atoms with Gasteiger partial charge >= 0.3 is 0 Å². The Balaban J connectivity index is 1.35. The maximum Gasteiger partial charge on any atom is 0.264 e. The smallest absolute Gasteiger partial charge is 0.264 e. The van der Waals surface area contributed by atoms with Crippen molar-refractivity contribution in [2.75, 3.05) is 19.6 Å². The molecule has 1 aromatic rings. The predicted molar refractivity (Wildman–Crippen MR) is 101 cm³/mol. The van der Waals surface area contributed by atoms with E-state index in [4.69, 9.17) is 4.74 Å². The van der Waals surface area contributed by atoms with E-state index in [2.05, 4.69) is 12.2 Å². The number of piperidine rings is 1. The van der Waals surface area contributed by atoms with Crippen LogP contribution in [-0.2, 0) is 9.53 Å². The molecule has 0 aromatic carbocycles. The number of thiophene rings is 1. The van der Waals surface area contributed by atoms with Crippen LogP contribution in [0.1, 0.15) is 54.3 Å². The summed E-state index contributed by atoms with van der Waals surface area (Å²) in [4.78, 5) is 28.0. The van der Waals surface area contributed by atoms with Gasteiger partial charge in [-0.1, -0.05) is 6.92 Å². The Morgan fingerprint density at radius 1 is 1.35 bits per heavy atom. The van der Waals surface area contributed by atoms with E-state index in [0.717, 1.165) is 36.2 Å². The third-order valence-corrected chi connectivity index (χ3v) is 7.31. The zero-order valence-corrected chi connectivity index (χ0v) is 16.4. The van der Waals surface area contributed by atoms with E-state index < -0.39 is 0 Å². The molecule has 0 radical (unpaired) electrons. The number of aryl methyl sites for hydroxylation is 1. The van der Waals surface area contributed by atoms with Gasteiger partial charge in [0.05, 0.1) is 10.5 Å². The first kappa shape index (κ1) is 18.0. The molecule has 3 aliphatic rings. The number of rotatable bonds is 4. The molecule has 1 saturated carbocycles. The summed E-state index contributed by atoms with van der Waals surface area (Å²) in [5.41, 5.74) is 0.806. The van der Waals surface area contributed by atoms with Crippen LogP contribution in [0.3, 0.4) is 0 Å². The molecule has 4 rings (SSSR count). The zero-order valence-electron chi connectivity index (χ0n) is 15.6. The summed E-state index contributed by atoms with van der Waals surface area (Å²) in [5.74, 6) is 1.11. The highest BCUT2D eigenvalue weighted by Gasteiger charge is 2.49. The Hall–Kier alpha value is -1.40. The normalized spacial score (nSPS) is 31.4. The molecule has 26 heavy (non-hydrogen) atoms. The monoisotopic (exact) mass is 376 g/mol. The van der Waals surface area contributed by atoms with Gasteiger partial charge in [0.25, 0.3) is 5.91 Å². The lowest BCUT2D eigenvalue weighted by Gasteiger charge is -2.44. The Morgan fingerprint density at radius 3 is 2.81 bits per heavy atom. The molecule has 3 heterocycles. The lowest BCUT2D eigenvalue weighted by molar-refractivity contribution is -0.146. The van der Waals surface area contributed by atoms with Gasteiger partial charge in [-0.05, 0) is 62.0 Å². The second-order valence-corrected chi connectivity index (χ2v) is 9.15. The number of likely N-dealkylation sites (tertiary alicyclic amines) is 1. The van der Waals surface area contributed by atoms with Gasteiger partial charge in [-0.25, -0.2) is 0 Å². The second kappa shape index (κ2) is 6.97. The average Bonchev–Trinajstić information content (AvgIpc) is 3.21. The summed E-state index contributed by atoms with van der Waals surface area (Å²) in [7, 11) is 0. The molecule has 3 fully saturated rings. The quantitative estimate of drug-likeness (QED) is 0.879. The maximum atomic E-state index is 12.8. The van der Waals surface area contributed by atoms with Crippen molar-refractivity contribution in [1.29, 1.82) is 0 Å². The Morgan fingerprint density at radius 2 is 2.15 bits per heavy atom. The van der Waals surface area contributed by atoms with Crippen molar-refractivity contribution < 1.29 is 14.3 Å². The highest BCUT2D eigenvalue weighted by atomic mass is 32.1. The molecule has 2 saturated heterocycles. The minimum atomic E-state index is -0.321. The summed E-state index contributed by atoms with van der Waals surface area (Å²) < 4.78 is 6.31. The number of nitrogens with zero attached hydrogens (tertiary/aromatic N) is 1.